The van der Waals surface area contributed by atoms with Gasteiger partial charge in [0.25, 0.3) is 0 Å². The molecule has 2 aromatic rings. The zero-order valence-corrected chi connectivity index (χ0v) is 11.8. The van der Waals surface area contributed by atoms with Crippen LogP contribution in [0.1, 0.15) is 42.6 Å². The molecular weight excluding hydrogens is 267 g/mol. The molecule has 1 atom stereocenters. The molecular formula is C14H16Cl2N2. The third kappa shape index (κ3) is 2.55. The molecule has 1 N–H and O–H groups in total. The van der Waals surface area contributed by atoms with E-state index in [-0.39, 0.29) is 17.8 Å². The Labute approximate surface area is 118 Å². The topological polar surface area (TPSA) is 28.7 Å². The van der Waals surface area contributed by atoms with Gasteiger partial charge >= 0.3 is 0 Å². The summed E-state index contributed by atoms with van der Waals surface area (Å²) in [6, 6.07) is 10.3. The van der Waals surface area contributed by atoms with Crippen LogP contribution in [-0.2, 0) is 0 Å². The maximum Gasteiger partial charge on any atom is 0.110 e. The molecule has 0 aliphatic heterocycles. The molecule has 3 rings (SSSR count). The lowest BCUT2D eigenvalue weighted by Crippen LogP contribution is -1.89. The molecule has 0 bridgehead atoms. The number of halogens is 2. The second-order valence-corrected chi connectivity index (χ2v) is 5.29. The Morgan fingerprint density at radius 3 is 2.50 bits per heavy atom. The zero-order chi connectivity index (χ0) is 11.8. The van der Waals surface area contributed by atoms with E-state index in [1.54, 1.807) is 0 Å². The van der Waals surface area contributed by atoms with Crippen molar-refractivity contribution in [2.24, 2.45) is 0 Å². The van der Waals surface area contributed by atoms with E-state index in [0.29, 0.717) is 5.92 Å². The summed E-state index contributed by atoms with van der Waals surface area (Å²) in [5.74, 6) is 1.73. The first kappa shape index (κ1) is 13.4. The van der Waals surface area contributed by atoms with Gasteiger partial charge in [-0.25, -0.2) is 4.98 Å². The summed E-state index contributed by atoms with van der Waals surface area (Å²) < 4.78 is 0. The lowest BCUT2D eigenvalue weighted by Gasteiger charge is -2.03. The van der Waals surface area contributed by atoms with Crippen LogP contribution in [0.25, 0.3) is 11.3 Å². The Hall–Kier alpha value is -0.990. The predicted octanol–water partition coefficient (Wildman–Crippen LogP) is 4.68. The van der Waals surface area contributed by atoms with Gasteiger partial charge in [0, 0.05) is 5.92 Å². The van der Waals surface area contributed by atoms with E-state index in [0.717, 1.165) is 22.8 Å². The molecule has 1 aromatic carbocycles. The van der Waals surface area contributed by atoms with Crippen LogP contribution in [0, 0.1) is 0 Å². The molecule has 0 radical (unpaired) electrons. The lowest BCUT2D eigenvalue weighted by molar-refractivity contribution is 0.941. The number of hydrogen-bond acceptors (Lipinski definition) is 1. The third-order valence-electron chi connectivity index (χ3n) is 3.15. The zero-order valence-electron chi connectivity index (χ0n) is 10.2. The van der Waals surface area contributed by atoms with Crippen molar-refractivity contribution in [3.63, 3.8) is 0 Å². The van der Waals surface area contributed by atoms with Crippen LogP contribution in [0.2, 0.25) is 0 Å². The highest BCUT2D eigenvalue weighted by Crippen LogP contribution is 2.41. The van der Waals surface area contributed by atoms with E-state index in [1.165, 1.54) is 12.8 Å². The number of aromatic nitrogens is 2. The van der Waals surface area contributed by atoms with Crippen molar-refractivity contribution in [2.75, 3.05) is 0 Å². The van der Waals surface area contributed by atoms with Crippen molar-refractivity contribution in [1.29, 1.82) is 0 Å². The van der Waals surface area contributed by atoms with Gasteiger partial charge in [0.2, 0.25) is 0 Å². The number of H-pyrrole nitrogens is 1. The van der Waals surface area contributed by atoms with E-state index >= 15 is 0 Å². The van der Waals surface area contributed by atoms with E-state index in [1.807, 2.05) is 25.1 Å². The summed E-state index contributed by atoms with van der Waals surface area (Å²) in [6.07, 6.45) is 2.50. The van der Waals surface area contributed by atoms with Crippen LogP contribution in [0.15, 0.2) is 30.3 Å². The Morgan fingerprint density at radius 2 is 1.94 bits per heavy atom. The Morgan fingerprint density at radius 1 is 1.28 bits per heavy atom. The van der Waals surface area contributed by atoms with Gasteiger partial charge < -0.3 is 4.98 Å². The SMILES string of the molecule is CC(Cl)c1nc(C2CC2)[nH]c1-c1ccccc1.Cl. The predicted molar refractivity (Wildman–Crippen MR) is 77.5 cm³/mol. The molecule has 1 heterocycles. The van der Waals surface area contributed by atoms with Crippen molar-refractivity contribution in [1.82, 2.24) is 9.97 Å². The summed E-state index contributed by atoms with van der Waals surface area (Å²) in [5.41, 5.74) is 3.21. The number of hydrogen-bond donors (Lipinski definition) is 1. The van der Waals surface area contributed by atoms with Gasteiger partial charge in [0.15, 0.2) is 0 Å². The molecule has 1 fully saturated rings. The van der Waals surface area contributed by atoms with Crippen LogP contribution in [-0.4, -0.2) is 9.97 Å². The molecule has 1 unspecified atom stereocenters. The second kappa shape index (κ2) is 5.33. The molecule has 1 aromatic heterocycles. The monoisotopic (exact) mass is 282 g/mol. The van der Waals surface area contributed by atoms with Gasteiger partial charge in [0.1, 0.15) is 5.82 Å². The van der Waals surface area contributed by atoms with Crippen molar-refractivity contribution >= 4 is 24.0 Å². The molecule has 1 aliphatic rings. The van der Waals surface area contributed by atoms with Crippen LogP contribution < -0.4 is 0 Å². The highest BCUT2D eigenvalue weighted by atomic mass is 35.5. The number of nitrogens with zero attached hydrogens (tertiary/aromatic N) is 1. The highest BCUT2D eigenvalue weighted by Gasteiger charge is 2.28. The van der Waals surface area contributed by atoms with Crippen LogP contribution in [0.5, 0.6) is 0 Å². The summed E-state index contributed by atoms with van der Waals surface area (Å²) >= 11 is 6.21. The average molecular weight is 283 g/mol. The van der Waals surface area contributed by atoms with Gasteiger partial charge in [-0.05, 0) is 25.3 Å². The van der Waals surface area contributed by atoms with Crippen molar-refractivity contribution in [3.8, 4) is 11.3 Å². The molecule has 1 saturated carbocycles. The molecule has 1 aliphatic carbocycles. The largest absolute Gasteiger partial charge is 0.341 e. The Balaban J connectivity index is 0.00000120. The second-order valence-electron chi connectivity index (χ2n) is 4.64. The third-order valence-corrected chi connectivity index (χ3v) is 3.36. The first-order valence-corrected chi connectivity index (χ1v) is 6.48. The molecule has 0 spiro atoms. The van der Waals surface area contributed by atoms with Gasteiger partial charge in [-0.2, -0.15) is 0 Å². The van der Waals surface area contributed by atoms with E-state index in [4.69, 9.17) is 11.6 Å². The van der Waals surface area contributed by atoms with Crippen molar-refractivity contribution < 1.29 is 0 Å². The molecule has 2 nitrogen and oxygen atoms in total. The summed E-state index contributed by atoms with van der Waals surface area (Å²) in [6.45, 7) is 1.97. The van der Waals surface area contributed by atoms with Crippen molar-refractivity contribution in [2.45, 2.75) is 31.1 Å². The van der Waals surface area contributed by atoms with Gasteiger partial charge in [-0.3, -0.25) is 0 Å². The fraction of sp³-hybridized carbons (Fsp3) is 0.357. The quantitative estimate of drug-likeness (QED) is 0.814. The normalized spacial score (nSPS) is 16.1. The molecule has 0 amide bonds. The molecule has 18 heavy (non-hydrogen) atoms. The van der Waals surface area contributed by atoms with Crippen LogP contribution in [0.3, 0.4) is 0 Å². The Bertz CT molecular complexity index is 516. The first-order chi connectivity index (χ1) is 8.25. The number of rotatable bonds is 3. The lowest BCUT2D eigenvalue weighted by atomic mass is 10.1. The highest BCUT2D eigenvalue weighted by molar-refractivity contribution is 6.20. The molecule has 96 valence electrons. The number of benzene rings is 1. The Kier molecular flexibility index (Phi) is 3.98. The number of alkyl halides is 1. The van der Waals surface area contributed by atoms with E-state index < -0.39 is 0 Å². The first-order valence-electron chi connectivity index (χ1n) is 6.05. The molecule has 4 heteroatoms. The maximum atomic E-state index is 6.21. The van der Waals surface area contributed by atoms with Gasteiger partial charge in [0.05, 0.1) is 16.8 Å². The molecule has 0 saturated heterocycles. The number of nitrogens with one attached hydrogen (secondary N) is 1. The summed E-state index contributed by atoms with van der Waals surface area (Å²) in [7, 11) is 0. The minimum Gasteiger partial charge on any atom is -0.341 e. The minimum atomic E-state index is -0.0612. The standard InChI is InChI=1S/C14H15ClN2.ClH/c1-9(15)12-13(10-5-3-2-4-6-10)17-14(16-12)11-7-8-11;/h2-6,9,11H,7-8H2,1H3,(H,16,17);1H. The van der Waals surface area contributed by atoms with Crippen molar-refractivity contribution in [3.05, 3.63) is 41.9 Å². The fourth-order valence-corrected chi connectivity index (χ4v) is 2.23. The smallest absolute Gasteiger partial charge is 0.110 e. The fourth-order valence-electron chi connectivity index (χ4n) is 2.07. The maximum absolute atomic E-state index is 6.21. The van der Waals surface area contributed by atoms with E-state index in [2.05, 4.69) is 22.1 Å². The minimum absolute atomic E-state index is 0. The summed E-state index contributed by atoms with van der Waals surface area (Å²) in [5, 5.41) is -0.0612. The van der Waals surface area contributed by atoms with Gasteiger partial charge in [-0.15, -0.1) is 24.0 Å². The number of aromatic amines is 1. The van der Waals surface area contributed by atoms with Gasteiger partial charge in [-0.1, -0.05) is 30.3 Å². The van der Waals surface area contributed by atoms with Crippen LogP contribution in [0.4, 0.5) is 0 Å². The average Bonchev–Trinajstić information content (AvgIpc) is 3.09. The summed E-state index contributed by atoms with van der Waals surface area (Å²) in [4.78, 5) is 8.11. The van der Waals surface area contributed by atoms with Crippen LogP contribution >= 0.6 is 24.0 Å². The van der Waals surface area contributed by atoms with E-state index in [9.17, 15) is 0 Å². The number of imidazole rings is 1.